The number of hydrogen-bond donors (Lipinski definition) is 1. The summed E-state index contributed by atoms with van der Waals surface area (Å²) >= 11 is 1.67. The standard InChI is InChI=1S/C15H19N3OS/c1-12(14-7-5-11-20-14)18(2)15(19)17-10-8-13-6-3-4-9-16-13/h3-7,9,11-12H,8,10H2,1-2H3,(H,17,19)/t12-/m0/s1. The molecule has 2 amide bonds. The van der Waals surface area contributed by atoms with Gasteiger partial charge in [-0.25, -0.2) is 4.79 Å². The van der Waals surface area contributed by atoms with Crippen LogP contribution in [0.1, 0.15) is 23.5 Å². The SMILES string of the molecule is C[C@@H](c1cccs1)N(C)C(=O)NCCc1ccccn1. The number of carbonyl (C=O) groups is 1. The Labute approximate surface area is 123 Å². The Hall–Kier alpha value is -1.88. The highest BCUT2D eigenvalue weighted by atomic mass is 32.1. The quantitative estimate of drug-likeness (QED) is 0.919. The van der Waals surface area contributed by atoms with Crippen LogP contribution in [0.3, 0.4) is 0 Å². The number of thiophene rings is 1. The predicted octanol–water partition coefficient (Wildman–Crippen LogP) is 3.09. The molecule has 0 unspecified atom stereocenters. The number of nitrogens with zero attached hydrogens (tertiary/aromatic N) is 2. The molecule has 0 aliphatic heterocycles. The van der Waals surface area contributed by atoms with Crippen molar-refractivity contribution < 1.29 is 4.79 Å². The summed E-state index contributed by atoms with van der Waals surface area (Å²) in [5.74, 6) is 0. The van der Waals surface area contributed by atoms with Crippen molar-refractivity contribution >= 4 is 17.4 Å². The Balaban J connectivity index is 1.80. The molecule has 2 rings (SSSR count). The zero-order valence-corrected chi connectivity index (χ0v) is 12.6. The number of urea groups is 1. The number of rotatable bonds is 5. The van der Waals surface area contributed by atoms with Crippen molar-refractivity contribution in [2.24, 2.45) is 0 Å². The second kappa shape index (κ2) is 7.05. The maximum Gasteiger partial charge on any atom is 0.317 e. The Morgan fingerprint density at radius 2 is 2.25 bits per heavy atom. The van der Waals surface area contributed by atoms with E-state index < -0.39 is 0 Å². The van der Waals surface area contributed by atoms with Gasteiger partial charge in [0.05, 0.1) is 6.04 Å². The Bertz CT molecular complexity index is 527. The lowest BCUT2D eigenvalue weighted by molar-refractivity contribution is 0.195. The number of amides is 2. The first-order chi connectivity index (χ1) is 9.68. The second-order valence-corrected chi connectivity index (χ2v) is 5.58. The van der Waals surface area contributed by atoms with Gasteiger partial charge in [-0.3, -0.25) is 4.98 Å². The van der Waals surface area contributed by atoms with E-state index in [1.165, 1.54) is 4.88 Å². The van der Waals surface area contributed by atoms with Gasteiger partial charge in [0.15, 0.2) is 0 Å². The van der Waals surface area contributed by atoms with Gasteiger partial charge in [0, 0.05) is 36.8 Å². The van der Waals surface area contributed by atoms with Gasteiger partial charge < -0.3 is 10.2 Å². The van der Waals surface area contributed by atoms with E-state index in [2.05, 4.69) is 10.3 Å². The summed E-state index contributed by atoms with van der Waals surface area (Å²) in [5, 5.41) is 4.95. The van der Waals surface area contributed by atoms with Crippen LogP contribution in [0.25, 0.3) is 0 Å². The third kappa shape index (κ3) is 3.81. The first-order valence-corrected chi connectivity index (χ1v) is 7.50. The Morgan fingerprint density at radius 3 is 2.90 bits per heavy atom. The zero-order chi connectivity index (χ0) is 14.4. The van der Waals surface area contributed by atoms with Crippen LogP contribution in [0.2, 0.25) is 0 Å². The molecule has 2 aromatic heterocycles. The predicted molar refractivity (Wildman–Crippen MR) is 81.8 cm³/mol. The largest absolute Gasteiger partial charge is 0.338 e. The summed E-state index contributed by atoms with van der Waals surface area (Å²) in [7, 11) is 1.82. The molecule has 1 N–H and O–H groups in total. The molecular formula is C15H19N3OS. The van der Waals surface area contributed by atoms with Crippen LogP contribution in [0.4, 0.5) is 4.79 Å². The highest BCUT2D eigenvalue weighted by Gasteiger charge is 2.17. The van der Waals surface area contributed by atoms with E-state index in [0.717, 1.165) is 12.1 Å². The molecule has 0 radical (unpaired) electrons. The first kappa shape index (κ1) is 14.5. The maximum atomic E-state index is 12.1. The normalized spacial score (nSPS) is 11.9. The molecule has 0 saturated carbocycles. The molecule has 1 atom stereocenters. The lowest BCUT2D eigenvalue weighted by atomic mass is 10.2. The van der Waals surface area contributed by atoms with E-state index in [-0.39, 0.29) is 12.1 Å². The summed E-state index contributed by atoms with van der Waals surface area (Å²) in [4.78, 5) is 19.2. The minimum absolute atomic E-state index is 0.0539. The number of pyridine rings is 1. The minimum Gasteiger partial charge on any atom is -0.338 e. The molecule has 5 heteroatoms. The van der Waals surface area contributed by atoms with Gasteiger partial charge in [0.25, 0.3) is 0 Å². The molecule has 20 heavy (non-hydrogen) atoms. The zero-order valence-electron chi connectivity index (χ0n) is 11.7. The fourth-order valence-corrected chi connectivity index (χ4v) is 2.69. The average Bonchev–Trinajstić information content (AvgIpc) is 3.01. The van der Waals surface area contributed by atoms with Gasteiger partial charge in [0.1, 0.15) is 0 Å². The molecule has 2 heterocycles. The van der Waals surface area contributed by atoms with Crippen LogP contribution in [0, 0.1) is 0 Å². The summed E-state index contributed by atoms with van der Waals surface area (Å²) in [6.45, 7) is 2.63. The van der Waals surface area contributed by atoms with Gasteiger partial charge in [-0.05, 0) is 30.5 Å². The van der Waals surface area contributed by atoms with Crippen molar-refractivity contribution in [1.29, 1.82) is 0 Å². The molecule has 0 fully saturated rings. The third-order valence-corrected chi connectivity index (χ3v) is 4.28. The van der Waals surface area contributed by atoms with E-state index in [1.807, 2.05) is 49.7 Å². The van der Waals surface area contributed by atoms with Crippen molar-refractivity contribution in [2.45, 2.75) is 19.4 Å². The average molecular weight is 289 g/mol. The summed E-state index contributed by atoms with van der Waals surface area (Å²) in [6.07, 6.45) is 2.51. The van der Waals surface area contributed by atoms with Crippen LogP contribution >= 0.6 is 11.3 Å². The van der Waals surface area contributed by atoms with E-state index in [0.29, 0.717) is 6.54 Å². The van der Waals surface area contributed by atoms with Crippen LogP contribution in [-0.2, 0) is 6.42 Å². The topological polar surface area (TPSA) is 45.2 Å². The van der Waals surface area contributed by atoms with Crippen molar-refractivity contribution in [1.82, 2.24) is 15.2 Å². The van der Waals surface area contributed by atoms with E-state index in [1.54, 1.807) is 22.4 Å². The van der Waals surface area contributed by atoms with E-state index >= 15 is 0 Å². The fraction of sp³-hybridized carbons (Fsp3) is 0.333. The molecule has 0 aliphatic carbocycles. The summed E-state index contributed by atoms with van der Waals surface area (Å²) in [5.41, 5.74) is 0.988. The van der Waals surface area contributed by atoms with Gasteiger partial charge in [-0.2, -0.15) is 0 Å². The highest BCUT2D eigenvalue weighted by molar-refractivity contribution is 7.10. The fourth-order valence-electron chi connectivity index (χ4n) is 1.86. The molecule has 106 valence electrons. The van der Waals surface area contributed by atoms with E-state index in [9.17, 15) is 4.79 Å². The molecule has 0 spiro atoms. The highest BCUT2D eigenvalue weighted by Crippen LogP contribution is 2.23. The molecule has 0 saturated heterocycles. The van der Waals surface area contributed by atoms with Gasteiger partial charge in [-0.15, -0.1) is 11.3 Å². The van der Waals surface area contributed by atoms with Crippen molar-refractivity contribution in [3.63, 3.8) is 0 Å². The molecular weight excluding hydrogens is 270 g/mol. The van der Waals surface area contributed by atoms with E-state index in [4.69, 9.17) is 0 Å². The third-order valence-electron chi connectivity index (χ3n) is 3.24. The molecule has 0 bridgehead atoms. The summed E-state index contributed by atoms with van der Waals surface area (Å²) < 4.78 is 0. The number of hydrogen-bond acceptors (Lipinski definition) is 3. The lowest BCUT2D eigenvalue weighted by Gasteiger charge is -2.24. The van der Waals surface area contributed by atoms with Gasteiger partial charge in [0.2, 0.25) is 0 Å². The summed E-state index contributed by atoms with van der Waals surface area (Å²) in [6, 6.07) is 9.89. The molecule has 0 aliphatic rings. The number of aromatic nitrogens is 1. The van der Waals surface area contributed by atoms with Crippen molar-refractivity contribution in [3.05, 3.63) is 52.5 Å². The van der Waals surface area contributed by atoms with Crippen LogP contribution < -0.4 is 5.32 Å². The van der Waals surface area contributed by atoms with Crippen LogP contribution in [0.5, 0.6) is 0 Å². The first-order valence-electron chi connectivity index (χ1n) is 6.62. The monoisotopic (exact) mass is 289 g/mol. The molecule has 2 aromatic rings. The van der Waals surface area contributed by atoms with Crippen molar-refractivity contribution in [2.75, 3.05) is 13.6 Å². The van der Waals surface area contributed by atoms with Crippen molar-refractivity contribution in [3.8, 4) is 0 Å². The van der Waals surface area contributed by atoms with Gasteiger partial charge >= 0.3 is 6.03 Å². The van der Waals surface area contributed by atoms with Crippen LogP contribution in [0.15, 0.2) is 41.9 Å². The lowest BCUT2D eigenvalue weighted by Crippen LogP contribution is -2.39. The molecule has 4 nitrogen and oxygen atoms in total. The van der Waals surface area contributed by atoms with Crippen LogP contribution in [-0.4, -0.2) is 29.5 Å². The number of carbonyl (C=O) groups excluding carboxylic acids is 1. The Kier molecular flexibility index (Phi) is 5.12. The Morgan fingerprint density at radius 1 is 1.40 bits per heavy atom. The smallest absolute Gasteiger partial charge is 0.317 e. The molecule has 0 aromatic carbocycles. The number of nitrogens with one attached hydrogen (secondary N) is 1. The second-order valence-electron chi connectivity index (χ2n) is 4.61. The van der Waals surface area contributed by atoms with Gasteiger partial charge in [-0.1, -0.05) is 12.1 Å². The maximum absolute atomic E-state index is 12.1. The minimum atomic E-state index is -0.0539.